The van der Waals surface area contributed by atoms with Gasteiger partial charge in [0.15, 0.2) is 0 Å². The molecule has 1 N–H and O–H groups in total. The Morgan fingerprint density at radius 2 is 1.59 bits per heavy atom. The van der Waals surface area contributed by atoms with Gasteiger partial charge in [0.2, 0.25) is 0 Å². The molecule has 0 aromatic carbocycles. The number of carbonyl (C=O) groups is 1. The lowest BCUT2D eigenvalue weighted by molar-refractivity contribution is 0.102. The zero-order chi connectivity index (χ0) is 18.5. The summed E-state index contributed by atoms with van der Waals surface area (Å²) in [6.07, 6.45) is 6.69. The number of nitrogens with zero attached hydrogens (tertiary/aromatic N) is 5. The van der Waals surface area contributed by atoms with Gasteiger partial charge < -0.3 is 15.1 Å². The molecule has 0 unspecified atom stereocenters. The first-order valence-electron chi connectivity index (χ1n) is 8.88. The van der Waals surface area contributed by atoms with Gasteiger partial charge in [0.25, 0.3) is 5.91 Å². The number of pyridine rings is 3. The minimum absolute atomic E-state index is 0.193. The molecule has 1 aliphatic heterocycles. The number of hydrogen-bond acceptors (Lipinski definition) is 6. The number of hydrogen-bond donors (Lipinski definition) is 1. The van der Waals surface area contributed by atoms with Crippen LogP contribution in [0.25, 0.3) is 0 Å². The molecule has 7 heteroatoms. The molecule has 1 saturated heterocycles. The minimum Gasteiger partial charge on any atom is -0.353 e. The lowest BCUT2D eigenvalue weighted by atomic mass is 10.2. The molecule has 1 amide bonds. The summed E-state index contributed by atoms with van der Waals surface area (Å²) in [6, 6.07) is 13.3. The van der Waals surface area contributed by atoms with E-state index in [0.717, 1.165) is 37.8 Å². The van der Waals surface area contributed by atoms with E-state index in [9.17, 15) is 4.79 Å². The number of anilines is 3. The van der Waals surface area contributed by atoms with E-state index in [-0.39, 0.29) is 5.91 Å². The average molecular weight is 360 g/mol. The highest BCUT2D eigenvalue weighted by Gasteiger charge is 2.19. The van der Waals surface area contributed by atoms with Crippen LogP contribution in [-0.2, 0) is 0 Å². The summed E-state index contributed by atoms with van der Waals surface area (Å²) in [5.74, 6) is 1.73. The van der Waals surface area contributed by atoms with Crippen molar-refractivity contribution in [2.75, 3.05) is 41.3 Å². The van der Waals surface area contributed by atoms with Gasteiger partial charge in [0.1, 0.15) is 11.6 Å². The zero-order valence-corrected chi connectivity index (χ0v) is 14.8. The molecule has 7 nitrogen and oxygen atoms in total. The van der Waals surface area contributed by atoms with Gasteiger partial charge in [-0.05, 0) is 36.4 Å². The standard InChI is InChI=1S/C20H20N6O/c27-20(16-4-3-8-21-14-16)24-17-6-7-19(23-15-17)26-12-10-25(11-13-26)18-5-1-2-9-22-18/h1-9,14-15H,10-13H2,(H,24,27). The fourth-order valence-corrected chi connectivity index (χ4v) is 3.05. The molecule has 27 heavy (non-hydrogen) atoms. The number of amides is 1. The Kier molecular flexibility index (Phi) is 4.91. The fraction of sp³-hybridized carbons (Fsp3) is 0.200. The molecular weight excluding hydrogens is 340 g/mol. The monoisotopic (exact) mass is 360 g/mol. The maximum Gasteiger partial charge on any atom is 0.257 e. The van der Waals surface area contributed by atoms with Crippen LogP contribution in [0.2, 0.25) is 0 Å². The second kappa shape index (κ2) is 7.82. The maximum atomic E-state index is 12.2. The van der Waals surface area contributed by atoms with Crippen molar-refractivity contribution in [1.29, 1.82) is 0 Å². The fourth-order valence-electron chi connectivity index (χ4n) is 3.05. The third-order valence-electron chi connectivity index (χ3n) is 4.51. The van der Waals surface area contributed by atoms with Crippen molar-refractivity contribution in [2.45, 2.75) is 0 Å². The quantitative estimate of drug-likeness (QED) is 0.770. The Balaban J connectivity index is 1.35. The van der Waals surface area contributed by atoms with Gasteiger partial charge in [-0.2, -0.15) is 0 Å². The van der Waals surface area contributed by atoms with E-state index in [2.05, 4.69) is 30.1 Å². The molecule has 4 heterocycles. The van der Waals surface area contributed by atoms with Crippen LogP contribution < -0.4 is 15.1 Å². The predicted octanol–water partition coefficient (Wildman–Crippen LogP) is 2.45. The highest BCUT2D eigenvalue weighted by atomic mass is 16.1. The molecule has 3 aromatic rings. The topological polar surface area (TPSA) is 74.2 Å². The van der Waals surface area contributed by atoms with E-state index in [4.69, 9.17) is 0 Å². The number of aromatic nitrogens is 3. The van der Waals surface area contributed by atoms with E-state index in [1.54, 1.807) is 24.5 Å². The largest absolute Gasteiger partial charge is 0.353 e. The molecule has 0 radical (unpaired) electrons. The van der Waals surface area contributed by atoms with Crippen LogP contribution >= 0.6 is 0 Å². The molecule has 0 atom stereocenters. The van der Waals surface area contributed by atoms with Gasteiger partial charge in [-0.3, -0.25) is 9.78 Å². The van der Waals surface area contributed by atoms with Gasteiger partial charge in [0, 0.05) is 44.8 Å². The summed E-state index contributed by atoms with van der Waals surface area (Å²) in [5, 5.41) is 2.84. The van der Waals surface area contributed by atoms with Crippen LogP contribution in [0, 0.1) is 0 Å². The van der Waals surface area contributed by atoms with Gasteiger partial charge in [-0.15, -0.1) is 0 Å². The molecule has 0 spiro atoms. The van der Waals surface area contributed by atoms with Crippen LogP contribution in [0.4, 0.5) is 17.3 Å². The normalized spacial score (nSPS) is 14.1. The van der Waals surface area contributed by atoms with Crippen LogP contribution in [-0.4, -0.2) is 47.0 Å². The van der Waals surface area contributed by atoms with Crippen molar-refractivity contribution in [3.05, 3.63) is 72.8 Å². The molecule has 0 aliphatic carbocycles. The predicted molar refractivity (Wildman–Crippen MR) is 105 cm³/mol. The van der Waals surface area contributed by atoms with Crippen molar-refractivity contribution in [3.8, 4) is 0 Å². The van der Waals surface area contributed by atoms with Gasteiger partial charge in [0.05, 0.1) is 17.4 Å². The first kappa shape index (κ1) is 17.0. The number of carbonyl (C=O) groups excluding carboxylic acids is 1. The van der Waals surface area contributed by atoms with Crippen molar-refractivity contribution in [3.63, 3.8) is 0 Å². The third kappa shape index (κ3) is 4.03. The van der Waals surface area contributed by atoms with E-state index in [0.29, 0.717) is 11.3 Å². The van der Waals surface area contributed by atoms with Crippen LogP contribution in [0.5, 0.6) is 0 Å². The Hall–Kier alpha value is -3.48. The Labute approximate surface area is 157 Å². The summed E-state index contributed by atoms with van der Waals surface area (Å²) in [7, 11) is 0. The molecule has 0 saturated carbocycles. The van der Waals surface area contributed by atoms with Crippen molar-refractivity contribution < 1.29 is 4.79 Å². The number of piperazine rings is 1. The van der Waals surface area contributed by atoms with E-state index in [1.165, 1.54) is 6.20 Å². The molecule has 136 valence electrons. The average Bonchev–Trinajstić information content (AvgIpc) is 2.76. The lowest BCUT2D eigenvalue weighted by Gasteiger charge is -2.36. The summed E-state index contributed by atoms with van der Waals surface area (Å²) in [4.78, 5) is 29.6. The van der Waals surface area contributed by atoms with E-state index < -0.39 is 0 Å². The summed E-state index contributed by atoms with van der Waals surface area (Å²) in [6.45, 7) is 3.56. The highest BCUT2D eigenvalue weighted by molar-refractivity contribution is 6.03. The molecular formula is C20H20N6O. The Morgan fingerprint density at radius 3 is 2.19 bits per heavy atom. The number of nitrogens with one attached hydrogen (secondary N) is 1. The van der Waals surface area contributed by atoms with Crippen LogP contribution in [0.3, 0.4) is 0 Å². The van der Waals surface area contributed by atoms with Gasteiger partial charge in [-0.25, -0.2) is 9.97 Å². The highest BCUT2D eigenvalue weighted by Crippen LogP contribution is 2.19. The third-order valence-corrected chi connectivity index (χ3v) is 4.51. The molecule has 4 rings (SSSR count). The van der Waals surface area contributed by atoms with Gasteiger partial charge in [-0.1, -0.05) is 6.07 Å². The van der Waals surface area contributed by atoms with Crippen LogP contribution in [0.1, 0.15) is 10.4 Å². The van der Waals surface area contributed by atoms with Crippen molar-refractivity contribution in [2.24, 2.45) is 0 Å². The zero-order valence-electron chi connectivity index (χ0n) is 14.8. The number of rotatable bonds is 4. The maximum absolute atomic E-state index is 12.2. The van der Waals surface area contributed by atoms with E-state index in [1.807, 2.05) is 36.5 Å². The minimum atomic E-state index is -0.193. The SMILES string of the molecule is O=C(Nc1ccc(N2CCN(c3ccccn3)CC2)nc1)c1cccnc1. The molecule has 3 aromatic heterocycles. The summed E-state index contributed by atoms with van der Waals surface area (Å²) in [5.41, 5.74) is 1.19. The summed E-state index contributed by atoms with van der Waals surface area (Å²) >= 11 is 0. The molecule has 0 bridgehead atoms. The van der Waals surface area contributed by atoms with Crippen LogP contribution in [0.15, 0.2) is 67.3 Å². The first-order chi connectivity index (χ1) is 13.3. The van der Waals surface area contributed by atoms with E-state index >= 15 is 0 Å². The first-order valence-corrected chi connectivity index (χ1v) is 8.88. The molecule has 1 aliphatic rings. The molecule has 1 fully saturated rings. The van der Waals surface area contributed by atoms with Crippen molar-refractivity contribution >= 4 is 23.2 Å². The van der Waals surface area contributed by atoms with Crippen molar-refractivity contribution in [1.82, 2.24) is 15.0 Å². The Morgan fingerprint density at radius 1 is 0.815 bits per heavy atom. The Bertz CT molecular complexity index is 877. The smallest absolute Gasteiger partial charge is 0.257 e. The second-order valence-corrected chi connectivity index (χ2v) is 6.26. The summed E-state index contributed by atoms with van der Waals surface area (Å²) < 4.78 is 0. The second-order valence-electron chi connectivity index (χ2n) is 6.26. The lowest BCUT2D eigenvalue weighted by Crippen LogP contribution is -2.47. The van der Waals surface area contributed by atoms with Gasteiger partial charge >= 0.3 is 0 Å².